The van der Waals surface area contributed by atoms with Crippen molar-refractivity contribution < 1.29 is 15.1 Å². The molecule has 11 heteroatoms. The molecule has 0 aliphatic carbocycles. The van der Waals surface area contributed by atoms with Gasteiger partial charge in [0.25, 0.3) is 0 Å². The van der Waals surface area contributed by atoms with Gasteiger partial charge in [-0.2, -0.15) is 0 Å². The smallest absolute Gasteiger partial charge is 0.108 e. The van der Waals surface area contributed by atoms with Crippen LogP contribution in [0.2, 0.25) is 0 Å². The standard InChI is InChI=1S/2C8H6N4.2ClH.Ru/c2*1-3-11-7(5-9-1)8-6-10-2-4-12-8;;;/h2*1-6H;2*1H;/q;;;;+2/p-2. The molecular formula is C16H12Cl2N8Ru. The minimum atomic E-state index is -0.346. The monoisotopic (exact) mass is 488 g/mol. The molecule has 4 heterocycles. The van der Waals surface area contributed by atoms with Crippen molar-refractivity contribution in [3.63, 3.8) is 0 Å². The van der Waals surface area contributed by atoms with Crippen LogP contribution in [-0.4, -0.2) is 39.9 Å². The Balaban J connectivity index is 0.000000170. The van der Waals surface area contributed by atoms with Crippen LogP contribution in [0.3, 0.4) is 0 Å². The molecule has 0 aliphatic heterocycles. The number of aromatic nitrogens is 8. The molecule has 0 amide bonds. The maximum Gasteiger partial charge on any atom is 0.108 e. The first-order valence-electron chi connectivity index (χ1n) is 7.25. The van der Waals surface area contributed by atoms with Gasteiger partial charge in [0.15, 0.2) is 0 Å². The van der Waals surface area contributed by atoms with Crippen LogP contribution in [0.5, 0.6) is 0 Å². The van der Waals surface area contributed by atoms with Crippen LogP contribution in [0, 0.1) is 0 Å². The minimum Gasteiger partial charge on any atom is -0.261 e. The van der Waals surface area contributed by atoms with E-state index in [4.69, 9.17) is 19.4 Å². The molecule has 0 unspecified atom stereocenters. The number of hydrogen-bond acceptors (Lipinski definition) is 8. The maximum absolute atomic E-state index is 4.85. The third-order valence-corrected chi connectivity index (χ3v) is 2.78. The molecule has 4 aromatic heterocycles. The van der Waals surface area contributed by atoms with Crippen LogP contribution in [-0.2, 0) is 15.1 Å². The largest absolute Gasteiger partial charge is 0.261 e. The molecule has 0 saturated carbocycles. The van der Waals surface area contributed by atoms with E-state index in [-0.39, 0.29) is 15.1 Å². The fourth-order valence-electron chi connectivity index (χ4n) is 1.73. The van der Waals surface area contributed by atoms with Crippen molar-refractivity contribution in [1.29, 1.82) is 0 Å². The Hall–Kier alpha value is -2.48. The molecule has 0 fully saturated rings. The summed E-state index contributed by atoms with van der Waals surface area (Å²) in [4.78, 5) is 32.1. The average Bonchev–Trinajstić information content (AvgIpc) is 2.77. The third kappa shape index (κ3) is 7.74. The first kappa shape index (κ1) is 20.8. The van der Waals surface area contributed by atoms with Crippen LogP contribution in [0.25, 0.3) is 22.8 Å². The zero-order valence-electron chi connectivity index (χ0n) is 13.6. The predicted molar refractivity (Wildman–Crippen MR) is 97.8 cm³/mol. The van der Waals surface area contributed by atoms with Crippen LogP contribution in [0.15, 0.2) is 74.4 Å². The summed E-state index contributed by atoms with van der Waals surface area (Å²) in [6.45, 7) is 0. The quantitative estimate of drug-likeness (QED) is 0.397. The Bertz CT molecular complexity index is 724. The first-order chi connectivity index (χ1) is 13.3. The van der Waals surface area contributed by atoms with E-state index in [1.165, 1.54) is 0 Å². The third-order valence-electron chi connectivity index (χ3n) is 2.78. The summed E-state index contributed by atoms with van der Waals surface area (Å²) >= 11 is -0.346. The summed E-state index contributed by atoms with van der Waals surface area (Å²) in [6, 6.07) is 0. The normalized spacial score (nSPS) is 9.41. The van der Waals surface area contributed by atoms with Crippen molar-refractivity contribution in [2.24, 2.45) is 0 Å². The van der Waals surface area contributed by atoms with Gasteiger partial charge in [0.1, 0.15) is 22.8 Å². The van der Waals surface area contributed by atoms with E-state index >= 15 is 0 Å². The molecule has 0 aliphatic rings. The molecular weight excluding hydrogens is 476 g/mol. The van der Waals surface area contributed by atoms with Crippen molar-refractivity contribution in [2.45, 2.75) is 0 Å². The Morgan fingerprint density at radius 3 is 0.815 bits per heavy atom. The van der Waals surface area contributed by atoms with Gasteiger partial charge >= 0.3 is 34.5 Å². The number of halogens is 2. The Kier molecular flexibility index (Phi) is 9.88. The van der Waals surface area contributed by atoms with E-state index in [0.29, 0.717) is 0 Å². The number of nitrogens with zero attached hydrogens (tertiary/aromatic N) is 8. The van der Waals surface area contributed by atoms with Crippen LogP contribution in [0.4, 0.5) is 0 Å². The van der Waals surface area contributed by atoms with Crippen molar-refractivity contribution in [3.05, 3.63) is 74.4 Å². The molecule has 0 radical (unpaired) electrons. The first-order valence-corrected chi connectivity index (χ1v) is 11.7. The SMILES string of the molecule is [Cl][Ru][Cl].c1cnc(-c2cnccn2)cn1.c1cnc(-c2cnccn2)cn1. The van der Waals surface area contributed by atoms with Crippen LogP contribution in [0.1, 0.15) is 0 Å². The van der Waals surface area contributed by atoms with Crippen LogP contribution >= 0.6 is 19.4 Å². The molecule has 8 nitrogen and oxygen atoms in total. The molecule has 4 rings (SSSR count). The van der Waals surface area contributed by atoms with Crippen LogP contribution < -0.4 is 0 Å². The van der Waals surface area contributed by atoms with Crippen molar-refractivity contribution in [1.82, 2.24) is 39.9 Å². The van der Waals surface area contributed by atoms with E-state index in [2.05, 4.69) is 39.9 Å². The number of rotatable bonds is 2. The summed E-state index contributed by atoms with van der Waals surface area (Å²) in [7, 11) is 9.71. The van der Waals surface area contributed by atoms with Crippen molar-refractivity contribution in [3.8, 4) is 22.8 Å². The second-order valence-electron chi connectivity index (χ2n) is 4.41. The van der Waals surface area contributed by atoms with Gasteiger partial charge in [-0.05, 0) is 0 Å². The summed E-state index contributed by atoms with van der Waals surface area (Å²) < 4.78 is 0. The van der Waals surface area contributed by atoms with E-state index in [1.807, 2.05) is 0 Å². The van der Waals surface area contributed by atoms with Gasteiger partial charge in [-0.3, -0.25) is 39.9 Å². The molecule has 0 aromatic carbocycles. The zero-order valence-corrected chi connectivity index (χ0v) is 16.9. The van der Waals surface area contributed by atoms with Gasteiger partial charge in [-0.15, -0.1) is 0 Å². The van der Waals surface area contributed by atoms with Gasteiger partial charge in [0.05, 0.1) is 24.8 Å². The molecule has 0 spiro atoms. The van der Waals surface area contributed by atoms with Crippen molar-refractivity contribution in [2.75, 3.05) is 0 Å². The Morgan fingerprint density at radius 2 is 0.667 bits per heavy atom. The summed E-state index contributed by atoms with van der Waals surface area (Å²) in [5.41, 5.74) is 2.97. The van der Waals surface area contributed by atoms with E-state index < -0.39 is 0 Å². The van der Waals surface area contributed by atoms with E-state index in [1.54, 1.807) is 74.4 Å². The molecule has 0 atom stereocenters. The summed E-state index contributed by atoms with van der Waals surface area (Å²) in [5.74, 6) is 0. The number of hydrogen-bond donors (Lipinski definition) is 0. The summed E-state index contributed by atoms with van der Waals surface area (Å²) in [6.07, 6.45) is 19.6. The van der Waals surface area contributed by atoms with Gasteiger partial charge in [0.2, 0.25) is 0 Å². The Labute approximate surface area is 171 Å². The zero-order chi connectivity index (χ0) is 19.2. The molecule has 0 saturated heterocycles. The molecule has 4 aromatic rings. The average molecular weight is 488 g/mol. The van der Waals surface area contributed by atoms with Gasteiger partial charge in [-0.25, -0.2) is 0 Å². The van der Waals surface area contributed by atoms with E-state index in [9.17, 15) is 0 Å². The second-order valence-corrected chi connectivity index (χ2v) is 7.05. The van der Waals surface area contributed by atoms with E-state index in [0.717, 1.165) is 22.8 Å². The molecule has 0 N–H and O–H groups in total. The van der Waals surface area contributed by atoms with Crippen molar-refractivity contribution >= 4 is 19.4 Å². The predicted octanol–water partition coefficient (Wildman–Crippen LogP) is 3.24. The molecule has 138 valence electrons. The Morgan fingerprint density at radius 1 is 0.444 bits per heavy atom. The fraction of sp³-hybridized carbons (Fsp3) is 0. The van der Waals surface area contributed by atoms with Gasteiger partial charge < -0.3 is 0 Å². The van der Waals surface area contributed by atoms with Gasteiger partial charge in [-0.1, -0.05) is 0 Å². The summed E-state index contributed by atoms with van der Waals surface area (Å²) in [5, 5.41) is 0. The maximum atomic E-state index is 4.85. The molecule has 27 heavy (non-hydrogen) atoms. The topological polar surface area (TPSA) is 103 Å². The second kappa shape index (κ2) is 12.8. The molecule has 0 bridgehead atoms. The van der Waals surface area contributed by atoms with Gasteiger partial charge in [0, 0.05) is 49.6 Å². The fourth-order valence-corrected chi connectivity index (χ4v) is 1.73. The minimum absolute atomic E-state index is 0.346.